The maximum absolute atomic E-state index is 11.0. The molecule has 0 amide bonds. The molecule has 0 saturated heterocycles. The quantitative estimate of drug-likeness (QED) is 0.148. The first-order valence-corrected chi connectivity index (χ1v) is 8.51. The first-order chi connectivity index (χ1) is 8.45. The number of hydrogen-bond donors (Lipinski definition) is 7. The summed E-state index contributed by atoms with van der Waals surface area (Å²) in [6.45, 7) is 1.76. The molecule has 11 heteroatoms. The zero-order chi connectivity index (χ0) is 15.3. The van der Waals surface area contributed by atoms with E-state index in [4.69, 9.17) is 25.0 Å². The average molecular weight is 316 g/mol. The van der Waals surface area contributed by atoms with Crippen molar-refractivity contribution in [1.29, 1.82) is 5.41 Å². The van der Waals surface area contributed by atoms with Crippen LogP contribution in [-0.4, -0.2) is 42.1 Å². The van der Waals surface area contributed by atoms with Crippen LogP contribution in [0.3, 0.4) is 0 Å². The topological polar surface area (TPSA) is 171 Å². The van der Waals surface area contributed by atoms with Crippen LogP contribution < -0.4 is 5.32 Å². The maximum atomic E-state index is 11.0. The van der Waals surface area contributed by atoms with Gasteiger partial charge < -0.3 is 30.0 Å². The number of aliphatic hydroxyl groups is 1. The Labute approximate surface area is 110 Å². The van der Waals surface area contributed by atoms with Crippen molar-refractivity contribution in [3.63, 3.8) is 0 Å². The van der Waals surface area contributed by atoms with E-state index in [-0.39, 0.29) is 12.4 Å². The van der Waals surface area contributed by atoms with Gasteiger partial charge in [-0.25, -0.2) is 0 Å². The second-order valence-corrected chi connectivity index (χ2v) is 7.68. The van der Waals surface area contributed by atoms with Crippen molar-refractivity contribution >= 4 is 21.0 Å². The third-order valence-electron chi connectivity index (χ3n) is 2.13. The summed E-state index contributed by atoms with van der Waals surface area (Å²) in [6.07, 6.45) is 2.50. The highest BCUT2D eigenvalue weighted by Crippen LogP contribution is 2.68. The molecule has 0 aliphatic carbocycles. The van der Waals surface area contributed by atoms with Gasteiger partial charge in [-0.3, -0.25) is 14.5 Å². The summed E-state index contributed by atoms with van der Waals surface area (Å²) in [5.41, 5.74) is 0. The first-order valence-electron chi connectivity index (χ1n) is 5.28. The number of hydrogen-bond acceptors (Lipinski definition) is 4. The molecule has 0 bridgehead atoms. The second-order valence-electron chi connectivity index (χ2n) is 3.79. The van der Waals surface area contributed by atoms with Crippen molar-refractivity contribution in [2.24, 2.45) is 0 Å². The van der Waals surface area contributed by atoms with Crippen LogP contribution in [0.15, 0.2) is 12.2 Å². The van der Waals surface area contributed by atoms with Gasteiger partial charge in [-0.15, -0.1) is 0 Å². The third-order valence-corrected chi connectivity index (χ3v) is 5.71. The minimum Gasteiger partial charge on any atom is -0.371 e. The molecule has 0 fully saturated rings. The summed E-state index contributed by atoms with van der Waals surface area (Å²) in [4.78, 5) is 35.3. The Morgan fingerprint density at radius 1 is 1.26 bits per heavy atom. The lowest BCUT2D eigenvalue weighted by molar-refractivity contribution is 0.167. The van der Waals surface area contributed by atoms with E-state index in [0.717, 1.165) is 12.5 Å². The van der Waals surface area contributed by atoms with Gasteiger partial charge in [0.05, 0.1) is 5.84 Å². The second kappa shape index (κ2) is 6.76. The molecule has 0 heterocycles. The lowest BCUT2D eigenvalue weighted by Crippen LogP contribution is -2.27. The third kappa shape index (κ3) is 5.16. The Bertz CT molecular complexity index is 416. The fourth-order valence-corrected chi connectivity index (χ4v) is 3.06. The Morgan fingerprint density at radius 3 is 2.11 bits per heavy atom. The van der Waals surface area contributed by atoms with E-state index in [1.807, 2.05) is 6.92 Å². The Balaban J connectivity index is 4.85. The molecule has 0 aromatic heterocycles. The largest absolute Gasteiger partial charge is 0.373 e. The van der Waals surface area contributed by atoms with E-state index >= 15 is 0 Å². The fraction of sp³-hybridized carbons (Fsp3) is 0.625. The average Bonchev–Trinajstić information content (AvgIpc) is 2.21. The van der Waals surface area contributed by atoms with E-state index < -0.39 is 20.3 Å². The Kier molecular flexibility index (Phi) is 6.57. The van der Waals surface area contributed by atoms with E-state index in [2.05, 4.69) is 5.32 Å². The minimum absolute atomic E-state index is 0.0961. The zero-order valence-electron chi connectivity index (χ0n) is 10.2. The van der Waals surface area contributed by atoms with Crippen LogP contribution in [0.2, 0.25) is 0 Å². The fourth-order valence-electron chi connectivity index (χ4n) is 1.10. The molecule has 0 spiro atoms. The molecule has 0 atom stereocenters. The van der Waals surface area contributed by atoms with Crippen molar-refractivity contribution in [3.8, 4) is 0 Å². The van der Waals surface area contributed by atoms with Gasteiger partial charge in [0, 0.05) is 13.0 Å². The number of nitrogens with one attached hydrogen (secondary N) is 2. The SMILES string of the molecule is CCCC(=N)NCC=CC(O)(P(=O)(O)O)P(=O)(O)O. The van der Waals surface area contributed by atoms with Gasteiger partial charge in [-0.2, -0.15) is 0 Å². The smallest absolute Gasteiger partial charge is 0.371 e. The van der Waals surface area contributed by atoms with E-state index in [9.17, 15) is 14.2 Å². The van der Waals surface area contributed by atoms with Gasteiger partial charge in [-0.1, -0.05) is 13.0 Å². The summed E-state index contributed by atoms with van der Waals surface area (Å²) >= 11 is 0. The van der Waals surface area contributed by atoms with Crippen LogP contribution in [0.5, 0.6) is 0 Å². The molecule has 0 radical (unpaired) electrons. The molecule has 0 unspecified atom stereocenters. The van der Waals surface area contributed by atoms with Gasteiger partial charge in [0.1, 0.15) is 0 Å². The molecule has 0 rings (SSSR count). The van der Waals surface area contributed by atoms with Crippen molar-refractivity contribution in [2.75, 3.05) is 6.54 Å². The Hall–Kier alpha value is -0.530. The zero-order valence-corrected chi connectivity index (χ0v) is 12.0. The molecule has 7 N–H and O–H groups in total. The van der Waals surface area contributed by atoms with Gasteiger partial charge in [0.15, 0.2) is 0 Å². The molecular weight excluding hydrogens is 298 g/mol. The van der Waals surface area contributed by atoms with Crippen molar-refractivity contribution < 1.29 is 33.8 Å². The molecule has 19 heavy (non-hydrogen) atoms. The van der Waals surface area contributed by atoms with Crippen molar-refractivity contribution in [2.45, 2.75) is 24.8 Å². The lowest BCUT2D eigenvalue weighted by Gasteiger charge is -2.25. The van der Waals surface area contributed by atoms with E-state index in [0.29, 0.717) is 12.5 Å². The number of rotatable bonds is 7. The van der Waals surface area contributed by atoms with Crippen LogP contribution in [0.1, 0.15) is 19.8 Å². The molecule has 0 saturated carbocycles. The highest BCUT2D eigenvalue weighted by Gasteiger charge is 2.57. The molecule has 112 valence electrons. The van der Waals surface area contributed by atoms with Gasteiger partial charge in [-0.05, 0) is 12.5 Å². The number of amidine groups is 1. The highest BCUT2D eigenvalue weighted by atomic mass is 31.2. The van der Waals surface area contributed by atoms with Crippen LogP contribution >= 0.6 is 15.2 Å². The molecule has 9 nitrogen and oxygen atoms in total. The summed E-state index contributed by atoms with van der Waals surface area (Å²) in [6, 6.07) is 0. The predicted molar refractivity (Wildman–Crippen MR) is 68.8 cm³/mol. The van der Waals surface area contributed by atoms with Crippen molar-refractivity contribution in [3.05, 3.63) is 12.2 Å². The van der Waals surface area contributed by atoms with E-state index in [1.54, 1.807) is 0 Å². The molecule has 0 aliphatic heterocycles. The highest BCUT2D eigenvalue weighted by molar-refractivity contribution is 7.72. The summed E-state index contributed by atoms with van der Waals surface area (Å²) in [5, 5.41) is 15.8. The molecule has 0 aromatic rings. The normalized spacial score (nSPS) is 13.8. The monoisotopic (exact) mass is 316 g/mol. The summed E-state index contributed by atoms with van der Waals surface area (Å²) in [7, 11) is -10.9. The minimum atomic E-state index is -5.46. The summed E-state index contributed by atoms with van der Waals surface area (Å²) in [5.74, 6) is 0.169. The first kappa shape index (κ1) is 18.5. The van der Waals surface area contributed by atoms with Crippen LogP contribution in [0.4, 0.5) is 0 Å². The summed E-state index contributed by atoms with van der Waals surface area (Å²) < 4.78 is 21.9. The van der Waals surface area contributed by atoms with Crippen LogP contribution in [0, 0.1) is 5.41 Å². The lowest BCUT2D eigenvalue weighted by atomic mass is 10.3. The van der Waals surface area contributed by atoms with Crippen LogP contribution in [-0.2, 0) is 9.13 Å². The van der Waals surface area contributed by atoms with Crippen molar-refractivity contribution in [1.82, 2.24) is 5.32 Å². The Morgan fingerprint density at radius 2 is 1.74 bits per heavy atom. The van der Waals surface area contributed by atoms with Crippen LogP contribution in [0.25, 0.3) is 0 Å². The van der Waals surface area contributed by atoms with Gasteiger partial charge in [0.25, 0.3) is 5.08 Å². The predicted octanol–water partition coefficient (Wildman–Crippen LogP) is -0.0889. The van der Waals surface area contributed by atoms with Gasteiger partial charge in [0.2, 0.25) is 0 Å². The maximum Gasteiger partial charge on any atom is 0.373 e. The van der Waals surface area contributed by atoms with E-state index in [1.165, 1.54) is 0 Å². The molecule has 0 aliphatic rings. The standard InChI is InChI=1S/C8H18N2O7P2/c1-2-4-7(9)10-6-3-5-8(11,18(12,13)14)19(15,16)17/h3,5,11H,2,4,6H2,1H3,(H2,9,10)(H2,12,13,14)(H2,15,16,17). The molecule has 0 aromatic carbocycles. The van der Waals surface area contributed by atoms with Gasteiger partial charge >= 0.3 is 15.2 Å². The molecular formula is C8H18N2O7P2.